The summed E-state index contributed by atoms with van der Waals surface area (Å²) in [4.78, 5) is 12.0. The normalized spacial score (nSPS) is 10.8. The van der Waals surface area contributed by atoms with Gasteiger partial charge in [0.05, 0.1) is 0 Å². The van der Waals surface area contributed by atoms with Crippen molar-refractivity contribution in [2.45, 2.75) is 13.8 Å². The summed E-state index contributed by atoms with van der Waals surface area (Å²) in [5.41, 5.74) is 4.09. The fourth-order valence-corrected chi connectivity index (χ4v) is 1.83. The fourth-order valence-electron chi connectivity index (χ4n) is 1.83. The summed E-state index contributed by atoms with van der Waals surface area (Å²) in [6.45, 7) is 4.03. The Morgan fingerprint density at radius 1 is 1.00 bits per heavy atom. The summed E-state index contributed by atoms with van der Waals surface area (Å²) in [5, 5.41) is 0. The van der Waals surface area contributed by atoms with E-state index in [9.17, 15) is 4.79 Å². The SMILES string of the molecule is Cc1cccc(C(=O)C=Cc2ccccc2C)c1. The van der Waals surface area contributed by atoms with Crippen LogP contribution in [-0.2, 0) is 0 Å². The van der Waals surface area contributed by atoms with E-state index >= 15 is 0 Å². The van der Waals surface area contributed by atoms with Crippen molar-refractivity contribution in [1.82, 2.24) is 0 Å². The molecule has 0 spiro atoms. The van der Waals surface area contributed by atoms with E-state index in [4.69, 9.17) is 0 Å². The lowest BCUT2D eigenvalue weighted by Gasteiger charge is -1.99. The molecule has 0 saturated heterocycles. The lowest BCUT2D eigenvalue weighted by Crippen LogP contribution is -1.94. The van der Waals surface area contributed by atoms with Gasteiger partial charge in [-0.05, 0) is 37.1 Å². The third-order valence-electron chi connectivity index (χ3n) is 2.91. The van der Waals surface area contributed by atoms with Crippen molar-refractivity contribution in [1.29, 1.82) is 0 Å². The smallest absolute Gasteiger partial charge is 0.185 e. The van der Waals surface area contributed by atoms with Gasteiger partial charge in [-0.1, -0.05) is 54.1 Å². The number of rotatable bonds is 3. The Bertz CT molecular complexity index is 594. The van der Waals surface area contributed by atoms with Gasteiger partial charge in [-0.15, -0.1) is 0 Å². The number of ketones is 1. The van der Waals surface area contributed by atoms with Crippen LogP contribution in [0.4, 0.5) is 0 Å². The molecule has 18 heavy (non-hydrogen) atoms. The average molecular weight is 236 g/mol. The Hall–Kier alpha value is -2.15. The lowest BCUT2D eigenvalue weighted by atomic mass is 10.0. The van der Waals surface area contributed by atoms with Gasteiger partial charge in [0.2, 0.25) is 0 Å². The standard InChI is InChI=1S/C17H16O/c1-13-6-5-9-16(12-13)17(18)11-10-15-8-4-3-7-14(15)2/h3-12H,1-2H3. The van der Waals surface area contributed by atoms with Crippen molar-refractivity contribution in [2.24, 2.45) is 0 Å². The molecular formula is C17H16O. The molecule has 0 amide bonds. The first-order chi connectivity index (χ1) is 8.66. The number of carbonyl (C=O) groups is 1. The average Bonchev–Trinajstić information content (AvgIpc) is 2.37. The summed E-state index contributed by atoms with van der Waals surface area (Å²) < 4.78 is 0. The molecule has 0 N–H and O–H groups in total. The highest BCUT2D eigenvalue weighted by molar-refractivity contribution is 6.06. The van der Waals surface area contributed by atoms with Gasteiger partial charge >= 0.3 is 0 Å². The Kier molecular flexibility index (Phi) is 3.73. The van der Waals surface area contributed by atoms with Gasteiger partial charge < -0.3 is 0 Å². The van der Waals surface area contributed by atoms with Crippen LogP contribution in [0.15, 0.2) is 54.6 Å². The molecule has 1 nitrogen and oxygen atoms in total. The van der Waals surface area contributed by atoms with Gasteiger partial charge in [0.25, 0.3) is 0 Å². The van der Waals surface area contributed by atoms with E-state index in [1.807, 2.05) is 68.5 Å². The van der Waals surface area contributed by atoms with E-state index in [1.54, 1.807) is 6.08 Å². The maximum absolute atomic E-state index is 12.0. The maximum Gasteiger partial charge on any atom is 0.185 e. The molecule has 0 unspecified atom stereocenters. The molecule has 0 aliphatic rings. The van der Waals surface area contributed by atoms with Crippen molar-refractivity contribution in [2.75, 3.05) is 0 Å². The molecular weight excluding hydrogens is 220 g/mol. The van der Waals surface area contributed by atoms with Crippen LogP contribution in [0, 0.1) is 13.8 Å². The highest BCUT2D eigenvalue weighted by Crippen LogP contribution is 2.11. The highest BCUT2D eigenvalue weighted by atomic mass is 16.1. The second kappa shape index (κ2) is 5.46. The third-order valence-corrected chi connectivity index (χ3v) is 2.91. The molecule has 1 heteroatoms. The minimum absolute atomic E-state index is 0.0435. The van der Waals surface area contributed by atoms with Crippen molar-refractivity contribution in [3.05, 3.63) is 76.9 Å². The number of allylic oxidation sites excluding steroid dienone is 1. The van der Waals surface area contributed by atoms with Crippen LogP contribution in [0.2, 0.25) is 0 Å². The van der Waals surface area contributed by atoms with E-state index in [-0.39, 0.29) is 5.78 Å². The number of hydrogen-bond acceptors (Lipinski definition) is 1. The predicted octanol–water partition coefficient (Wildman–Crippen LogP) is 4.20. The first-order valence-electron chi connectivity index (χ1n) is 6.01. The van der Waals surface area contributed by atoms with Gasteiger partial charge in [0, 0.05) is 5.56 Å². The minimum atomic E-state index is 0.0435. The van der Waals surface area contributed by atoms with Gasteiger partial charge in [0.15, 0.2) is 5.78 Å². The zero-order chi connectivity index (χ0) is 13.0. The maximum atomic E-state index is 12.0. The van der Waals surface area contributed by atoms with Crippen molar-refractivity contribution in [3.8, 4) is 0 Å². The molecule has 0 aliphatic heterocycles. The van der Waals surface area contributed by atoms with Crippen molar-refractivity contribution < 1.29 is 4.79 Å². The Morgan fingerprint density at radius 2 is 1.78 bits per heavy atom. The topological polar surface area (TPSA) is 17.1 Å². The van der Waals surface area contributed by atoms with E-state index in [1.165, 1.54) is 5.56 Å². The largest absolute Gasteiger partial charge is 0.289 e. The molecule has 2 aromatic carbocycles. The predicted molar refractivity (Wildman–Crippen MR) is 75.7 cm³/mol. The number of aryl methyl sites for hydroxylation is 2. The molecule has 0 radical (unpaired) electrons. The summed E-state index contributed by atoms with van der Waals surface area (Å²) in [6.07, 6.45) is 3.51. The molecule has 0 heterocycles. The Balaban J connectivity index is 2.20. The summed E-state index contributed by atoms with van der Waals surface area (Å²) in [7, 11) is 0. The van der Waals surface area contributed by atoms with Gasteiger partial charge in [-0.2, -0.15) is 0 Å². The molecule has 2 rings (SSSR count). The molecule has 0 atom stereocenters. The number of benzene rings is 2. The summed E-state index contributed by atoms with van der Waals surface area (Å²) >= 11 is 0. The zero-order valence-electron chi connectivity index (χ0n) is 10.7. The van der Waals surface area contributed by atoms with E-state index in [2.05, 4.69) is 0 Å². The fraction of sp³-hybridized carbons (Fsp3) is 0.118. The summed E-state index contributed by atoms with van der Waals surface area (Å²) in [5.74, 6) is 0.0435. The third kappa shape index (κ3) is 2.95. The molecule has 90 valence electrons. The Labute approximate surface area is 108 Å². The van der Waals surface area contributed by atoms with Crippen molar-refractivity contribution in [3.63, 3.8) is 0 Å². The molecule has 0 bridgehead atoms. The van der Waals surface area contributed by atoms with Crippen molar-refractivity contribution >= 4 is 11.9 Å². The molecule has 0 saturated carbocycles. The quantitative estimate of drug-likeness (QED) is 0.576. The van der Waals surface area contributed by atoms with Crippen LogP contribution in [0.1, 0.15) is 27.0 Å². The molecule has 0 aromatic heterocycles. The monoisotopic (exact) mass is 236 g/mol. The lowest BCUT2D eigenvalue weighted by molar-refractivity contribution is 0.104. The van der Waals surface area contributed by atoms with E-state index in [0.29, 0.717) is 0 Å². The molecule has 0 fully saturated rings. The van der Waals surface area contributed by atoms with E-state index in [0.717, 1.165) is 16.7 Å². The first kappa shape index (κ1) is 12.3. The second-order valence-corrected chi connectivity index (χ2v) is 4.42. The number of carbonyl (C=O) groups excluding carboxylic acids is 1. The van der Waals surface area contributed by atoms with Crippen LogP contribution in [0.5, 0.6) is 0 Å². The second-order valence-electron chi connectivity index (χ2n) is 4.42. The number of hydrogen-bond donors (Lipinski definition) is 0. The van der Waals surface area contributed by atoms with Crippen LogP contribution in [0.3, 0.4) is 0 Å². The van der Waals surface area contributed by atoms with Crippen LogP contribution >= 0.6 is 0 Å². The first-order valence-corrected chi connectivity index (χ1v) is 6.01. The minimum Gasteiger partial charge on any atom is -0.289 e. The van der Waals surface area contributed by atoms with E-state index < -0.39 is 0 Å². The van der Waals surface area contributed by atoms with Gasteiger partial charge in [-0.25, -0.2) is 0 Å². The van der Waals surface area contributed by atoms with Crippen LogP contribution < -0.4 is 0 Å². The van der Waals surface area contributed by atoms with Crippen LogP contribution in [-0.4, -0.2) is 5.78 Å². The highest BCUT2D eigenvalue weighted by Gasteiger charge is 2.01. The molecule has 0 aliphatic carbocycles. The zero-order valence-corrected chi connectivity index (χ0v) is 10.7. The summed E-state index contributed by atoms with van der Waals surface area (Å²) in [6, 6.07) is 15.7. The van der Waals surface area contributed by atoms with Gasteiger partial charge in [-0.3, -0.25) is 4.79 Å². The molecule has 2 aromatic rings. The van der Waals surface area contributed by atoms with Crippen LogP contribution in [0.25, 0.3) is 6.08 Å². The van der Waals surface area contributed by atoms with Gasteiger partial charge in [0.1, 0.15) is 0 Å². The Morgan fingerprint density at radius 3 is 2.50 bits per heavy atom.